The summed E-state index contributed by atoms with van der Waals surface area (Å²) in [5.74, 6) is -8.48. The Kier molecular flexibility index (Phi) is 18.4. The highest BCUT2D eigenvalue weighted by Gasteiger charge is 2.34. The second-order valence-corrected chi connectivity index (χ2v) is 12.1. The number of hydrogen-bond acceptors (Lipinski definition) is 10. The number of nitrogens with one attached hydrogen (secondary N) is 5. The van der Waals surface area contributed by atoms with E-state index in [4.69, 9.17) is 4.74 Å². The Bertz CT molecular complexity index is 1640. The van der Waals surface area contributed by atoms with Gasteiger partial charge in [-0.15, -0.1) is 0 Å². The normalized spacial score (nSPS) is 13.6. The quantitative estimate of drug-likeness (QED) is 0.0673. The standard InChI is InChI=1S/C36H46N6O12/c1-4-22(2)31(40-36(53)54-21-25-13-9-6-10-14-25)34(51)38-26(15-18-29(46)47)33(50)39-32(23(3)43)35(52)41-42(20-30(48)49)28(45)17-16-27(44)37-19-24-11-7-5-8-12-24/h5-14,16-17,22-23,26,31-32,43H,4,15,18-21H2,1-3H3,(H,37,44)(H,38,51)(H,39,50)(H,40,53)(H,41,52)(H,46,47)(H,48,49)/b17-16+/t22-,23+,26-,31-,32-/m0/s1. The smallest absolute Gasteiger partial charge is 0.408 e. The van der Waals surface area contributed by atoms with Crippen LogP contribution in [0.2, 0.25) is 0 Å². The lowest BCUT2D eigenvalue weighted by Crippen LogP contribution is -2.61. The fourth-order valence-electron chi connectivity index (χ4n) is 4.64. The molecule has 0 aliphatic carbocycles. The monoisotopic (exact) mass is 754 g/mol. The summed E-state index contributed by atoms with van der Waals surface area (Å²) in [6.45, 7) is 3.45. The zero-order chi connectivity index (χ0) is 40.2. The number of hydrazine groups is 1. The Morgan fingerprint density at radius 3 is 1.93 bits per heavy atom. The molecule has 18 heteroatoms. The number of aliphatic hydroxyl groups is 1. The van der Waals surface area contributed by atoms with Crippen LogP contribution < -0.4 is 26.7 Å². The molecule has 2 rings (SSSR count). The molecule has 0 aliphatic heterocycles. The van der Waals surface area contributed by atoms with Crippen molar-refractivity contribution in [3.8, 4) is 0 Å². The lowest BCUT2D eigenvalue weighted by atomic mass is 9.97. The summed E-state index contributed by atoms with van der Waals surface area (Å²) >= 11 is 0. The van der Waals surface area contributed by atoms with E-state index in [1.807, 2.05) is 5.43 Å². The van der Waals surface area contributed by atoms with E-state index in [0.29, 0.717) is 23.1 Å². The van der Waals surface area contributed by atoms with Gasteiger partial charge in [0, 0.05) is 25.1 Å². The number of carboxylic acids is 2. The fraction of sp³-hybridized carbons (Fsp3) is 0.389. The number of hydrogen-bond donors (Lipinski definition) is 8. The summed E-state index contributed by atoms with van der Waals surface area (Å²) in [7, 11) is 0. The predicted octanol–water partition coefficient (Wildman–Crippen LogP) is 0.360. The molecule has 5 atom stereocenters. The van der Waals surface area contributed by atoms with E-state index in [0.717, 1.165) is 18.6 Å². The van der Waals surface area contributed by atoms with E-state index in [9.17, 15) is 53.7 Å². The van der Waals surface area contributed by atoms with Crippen molar-refractivity contribution in [3.63, 3.8) is 0 Å². The molecule has 0 fully saturated rings. The predicted molar refractivity (Wildman–Crippen MR) is 190 cm³/mol. The molecule has 0 aliphatic rings. The fourth-order valence-corrected chi connectivity index (χ4v) is 4.64. The van der Waals surface area contributed by atoms with E-state index in [1.165, 1.54) is 0 Å². The Hall–Kier alpha value is -6.30. The van der Waals surface area contributed by atoms with Gasteiger partial charge in [0.15, 0.2) is 0 Å². The number of aliphatic carboxylic acids is 2. The summed E-state index contributed by atoms with van der Waals surface area (Å²) in [6, 6.07) is 12.9. The minimum Gasteiger partial charge on any atom is -0.481 e. The summed E-state index contributed by atoms with van der Waals surface area (Å²) in [5.41, 5.74) is 3.46. The largest absolute Gasteiger partial charge is 0.481 e. The first-order valence-electron chi connectivity index (χ1n) is 16.9. The maximum atomic E-state index is 13.4. The number of nitrogens with zero attached hydrogens (tertiary/aromatic N) is 1. The van der Waals surface area contributed by atoms with Crippen LogP contribution in [-0.2, 0) is 51.5 Å². The van der Waals surface area contributed by atoms with Crippen molar-refractivity contribution >= 4 is 47.6 Å². The molecule has 292 valence electrons. The highest BCUT2D eigenvalue weighted by molar-refractivity contribution is 5.99. The third-order valence-corrected chi connectivity index (χ3v) is 7.82. The molecule has 0 aromatic heterocycles. The molecule has 0 spiro atoms. The number of benzene rings is 2. The molecule has 0 saturated heterocycles. The van der Waals surface area contributed by atoms with Crippen molar-refractivity contribution in [3.05, 3.63) is 83.9 Å². The average Bonchev–Trinajstić information content (AvgIpc) is 3.14. The number of alkyl carbamates (subject to hydrolysis) is 1. The van der Waals surface area contributed by atoms with Crippen LogP contribution in [0, 0.1) is 5.92 Å². The van der Waals surface area contributed by atoms with Gasteiger partial charge < -0.3 is 41.3 Å². The van der Waals surface area contributed by atoms with Gasteiger partial charge in [-0.3, -0.25) is 39.0 Å². The zero-order valence-corrected chi connectivity index (χ0v) is 30.0. The van der Waals surface area contributed by atoms with Crippen LogP contribution in [0.25, 0.3) is 0 Å². The second-order valence-electron chi connectivity index (χ2n) is 12.1. The number of amides is 6. The first-order chi connectivity index (χ1) is 25.6. The van der Waals surface area contributed by atoms with Gasteiger partial charge in [-0.25, -0.2) is 9.80 Å². The van der Waals surface area contributed by atoms with Gasteiger partial charge in [0.2, 0.25) is 17.7 Å². The van der Waals surface area contributed by atoms with Crippen LogP contribution in [0.5, 0.6) is 0 Å². The Labute approximate surface area is 311 Å². The Morgan fingerprint density at radius 2 is 1.37 bits per heavy atom. The molecular weight excluding hydrogens is 708 g/mol. The zero-order valence-electron chi connectivity index (χ0n) is 30.0. The first-order valence-corrected chi connectivity index (χ1v) is 16.9. The highest BCUT2D eigenvalue weighted by Crippen LogP contribution is 2.11. The van der Waals surface area contributed by atoms with Gasteiger partial charge in [0.05, 0.1) is 6.10 Å². The number of carboxylic acid groups (broad SMARTS) is 2. The van der Waals surface area contributed by atoms with Crippen LogP contribution in [0.3, 0.4) is 0 Å². The molecule has 0 bridgehead atoms. The van der Waals surface area contributed by atoms with Crippen molar-refractivity contribution in [1.82, 2.24) is 31.7 Å². The topological polar surface area (TPSA) is 270 Å². The molecule has 2 aromatic carbocycles. The van der Waals surface area contributed by atoms with Gasteiger partial charge >= 0.3 is 18.0 Å². The second kappa shape index (κ2) is 22.6. The molecule has 8 N–H and O–H groups in total. The molecular formula is C36H46N6O12. The lowest BCUT2D eigenvalue weighted by Gasteiger charge is -2.29. The van der Waals surface area contributed by atoms with Crippen molar-refractivity contribution in [1.29, 1.82) is 0 Å². The Balaban J connectivity index is 2.16. The maximum Gasteiger partial charge on any atom is 0.408 e. The van der Waals surface area contributed by atoms with E-state index >= 15 is 0 Å². The van der Waals surface area contributed by atoms with Crippen LogP contribution in [0.15, 0.2) is 72.8 Å². The summed E-state index contributed by atoms with van der Waals surface area (Å²) < 4.78 is 5.22. The van der Waals surface area contributed by atoms with Crippen LogP contribution >= 0.6 is 0 Å². The number of carbonyl (C=O) groups excluding carboxylic acids is 6. The molecule has 18 nitrogen and oxygen atoms in total. The molecule has 0 heterocycles. The lowest BCUT2D eigenvalue weighted by molar-refractivity contribution is -0.149. The summed E-state index contributed by atoms with van der Waals surface area (Å²) in [4.78, 5) is 101. The minimum atomic E-state index is -1.86. The molecule has 2 aromatic rings. The summed E-state index contributed by atoms with van der Waals surface area (Å²) in [5, 5.41) is 38.9. The highest BCUT2D eigenvalue weighted by atomic mass is 16.5. The number of rotatable bonds is 20. The third kappa shape index (κ3) is 15.9. The van der Waals surface area contributed by atoms with E-state index in [1.54, 1.807) is 74.5 Å². The van der Waals surface area contributed by atoms with Crippen molar-refractivity contribution in [2.45, 2.75) is 77.4 Å². The van der Waals surface area contributed by atoms with E-state index in [2.05, 4.69) is 21.3 Å². The molecule has 0 radical (unpaired) electrons. The number of ether oxygens (including phenoxy) is 1. The molecule has 0 saturated carbocycles. The van der Waals surface area contributed by atoms with Gasteiger partial charge in [0.1, 0.15) is 31.3 Å². The van der Waals surface area contributed by atoms with Gasteiger partial charge in [0.25, 0.3) is 11.8 Å². The van der Waals surface area contributed by atoms with E-state index < -0.39 is 97.1 Å². The number of aliphatic hydroxyl groups excluding tert-OH is 1. The van der Waals surface area contributed by atoms with Gasteiger partial charge in [-0.1, -0.05) is 80.9 Å². The van der Waals surface area contributed by atoms with Crippen molar-refractivity contribution in [2.75, 3.05) is 6.54 Å². The molecule has 6 amide bonds. The SMILES string of the molecule is CC[C@H](C)[C@H](NC(=O)OCc1ccccc1)C(=O)N[C@@H](CCC(=O)O)C(=O)N[C@H](C(=O)NN(CC(=O)O)C(=O)/C=C/C(=O)NCc1ccccc1)[C@@H](C)O. The minimum absolute atomic E-state index is 0.0934. The first kappa shape index (κ1) is 43.9. The number of carbonyl (C=O) groups is 8. The summed E-state index contributed by atoms with van der Waals surface area (Å²) in [6.07, 6.45) is -1.77. The third-order valence-electron chi connectivity index (χ3n) is 7.82. The van der Waals surface area contributed by atoms with Crippen molar-refractivity contribution in [2.24, 2.45) is 5.92 Å². The average molecular weight is 755 g/mol. The Morgan fingerprint density at radius 1 is 0.759 bits per heavy atom. The van der Waals surface area contributed by atoms with E-state index in [-0.39, 0.29) is 13.2 Å². The van der Waals surface area contributed by atoms with Crippen LogP contribution in [-0.4, -0.2) is 98.7 Å². The molecule has 54 heavy (non-hydrogen) atoms. The maximum absolute atomic E-state index is 13.4. The molecule has 0 unspecified atom stereocenters. The van der Waals surface area contributed by atoms with Crippen molar-refractivity contribution < 1.29 is 58.4 Å². The van der Waals surface area contributed by atoms with Crippen LogP contribution in [0.4, 0.5) is 4.79 Å². The van der Waals surface area contributed by atoms with Gasteiger partial charge in [-0.05, 0) is 30.4 Å². The van der Waals surface area contributed by atoms with Crippen LogP contribution in [0.1, 0.15) is 51.2 Å². The van der Waals surface area contributed by atoms with Gasteiger partial charge in [-0.2, -0.15) is 0 Å².